The molecule has 0 spiro atoms. The van der Waals surface area contributed by atoms with Gasteiger partial charge in [0.15, 0.2) is 0 Å². The topological polar surface area (TPSA) is 64.3 Å². The lowest BCUT2D eigenvalue weighted by molar-refractivity contribution is 0.404. The summed E-state index contributed by atoms with van der Waals surface area (Å²) >= 11 is 0. The van der Waals surface area contributed by atoms with Crippen molar-refractivity contribution in [1.29, 1.82) is 5.41 Å². The lowest BCUT2D eigenvalue weighted by Crippen LogP contribution is -2.00. The van der Waals surface area contributed by atoms with Crippen LogP contribution in [0.25, 0.3) is 6.08 Å². The molecule has 0 aliphatic heterocycles. The minimum absolute atomic E-state index is 0.211. The Kier molecular flexibility index (Phi) is 3.10. The molecule has 2 rings (SSSR count). The third-order valence-corrected chi connectivity index (χ3v) is 2.41. The summed E-state index contributed by atoms with van der Waals surface area (Å²) in [5.74, 6) is 0.446. The molecule has 3 N–H and O–H groups in total. The van der Waals surface area contributed by atoms with E-state index in [4.69, 9.17) is 10.5 Å². The molecule has 1 aliphatic carbocycles. The van der Waals surface area contributed by atoms with Crippen molar-refractivity contribution in [3.05, 3.63) is 59.4 Å². The quantitative estimate of drug-likeness (QED) is 0.726. The van der Waals surface area contributed by atoms with Crippen LogP contribution in [0.3, 0.4) is 0 Å². The Bertz CT molecular complexity index is 522. The van der Waals surface area contributed by atoms with Gasteiger partial charge in [-0.1, -0.05) is 24.3 Å². The first-order valence-corrected chi connectivity index (χ1v) is 5.29. The number of hydrogen-bond acceptors (Lipinski definition) is 3. The third-order valence-electron chi connectivity index (χ3n) is 2.41. The molecule has 3 heteroatoms. The maximum absolute atomic E-state index is 9.40. The normalized spacial score (nSPS) is 15.9. The van der Waals surface area contributed by atoms with Gasteiger partial charge in [-0.25, -0.2) is 0 Å². The second-order valence-electron chi connectivity index (χ2n) is 3.91. The molecule has 0 bridgehead atoms. The van der Waals surface area contributed by atoms with Gasteiger partial charge in [-0.3, -0.25) is 0 Å². The smallest absolute Gasteiger partial charge is 0.115 e. The van der Waals surface area contributed by atoms with E-state index in [0.29, 0.717) is 12.1 Å². The van der Waals surface area contributed by atoms with E-state index in [1.807, 2.05) is 12.2 Å². The van der Waals surface area contributed by atoms with Crippen LogP contribution in [0.4, 0.5) is 0 Å². The maximum atomic E-state index is 9.40. The predicted octanol–water partition coefficient (Wildman–Crippen LogP) is 3.20. The molecular formula is C14H13NO2. The van der Waals surface area contributed by atoms with E-state index in [9.17, 15) is 5.11 Å². The molecule has 1 aromatic carbocycles. The Morgan fingerprint density at radius 3 is 2.35 bits per heavy atom. The number of nitrogens with one attached hydrogen (secondary N) is 1. The Hall–Kier alpha value is -2.29. The lowest BCUT2D eigenvalue weighted by Gasteiger charge is -2.06. The van der Waals surface area contributed by atoms with Crippen molar-refractivity contribution >= 4 is 11.8 Å². The van der Waals surface area contributed by atoms with Crippen molar-refractivity contribution in [3.8, 4) is 5.75 Å². The summed E-state index contributed by atoms with van der Waals surface area (Å²) in [7, 11) is 0. The monoisotopic (exact) mass is 227 g/mol. The highest BCUT2D eigenvalue weighted by molar-refractivity contribution is 5.96. The molecule has 0 aromatic heterocycles. The number of phenols is 1. The van der Waals surface area contributed by atoms with Gasteiger partial charge in [0.1, 0.15) is 5.75 Å². The zero-order valence-corrected chi connectivity index (χ0v) is 9.22. The molecule has 1 aliphatic rings. The van der Waals surface area contributed by atoms with Crippen LogP contribution in [0.1, 0.15) is 12.0 Å². The Morgan fingerprint density at radius 1 is 1.00 bits per heavy atom. The summed E-state index contributed by atoms with van der Waals surface area (Å²) in [5.41, 5.74) is 2.15. The summed E-state index contributed by atoms with van der Waals surface area (Å²) < 4.78 is 0. The van der Waals surface area contributed by atoms with Crippen LogP contribution >= 0.6 is 0 Å². The van der Waals surface area contributed by atoms with Crippen LogP contribution in [0.5, 0.6) is 5.75 Å². The fourth-order valence-electron chi connectivity index (χ4n) is 1.61. The third kappa shape index (κ3) is 3.08. The predicted molar refractivity (Wildman–Crippen MR) is 68.3 cm³/mol. The number of allylic oxidation sites excluding steroid dienone is 5. The number of aromatic hydroxyl groups is 1. The van der Waals surface area contributed by atoms with Crippen LogP contribution in [-0.4, -0.2) is 15.9 Å². The second kappa shape index (κ2) is 4.70. The number of aliphatic hydroxyl groups excluding tert-OH is 1. The van der Waals surface area contributed by atoms with Crippen molar-refractivity contribution in [3.63, 3.8) is 0 Å². The number of rotatable bonds is 2. The highest BCUT2D eigenvalue weighted by atomic mass is 16.3. The average Bonchev–Trinajstić information content (AvgIpc) is 2.27. The summed E-state index contributed by atoms with van der Waals surface area (Å²) in [6.45, 7) is 0. The van der Waals surface area contributed by atoms with Gasteiger partial charge in [0.05, 0.1) is 5.76 Å². The summed E-state index contributed by atoms with van der Waals surface area (Å²) in [6.07, 6.45) is 7.37. The molecule has 3 nitrogen and oxygen atoms in total. The van der Waals surface area contributed by atoms with E-state index in [1.165, 1.54) is 0 Å². The van der Waals surface area contributed by atoms with E-state index in [1.54, 1.807) is 36.4 Å². The first-order chi connectivity index (χ1) is 8.13. The fraction of sp³-hybridized carbons (Fsp3) is 0.0714. The van der Waals surface area contributed by atoms with Gasteiger partial charge in [-0.05, 0) is 35.4 Å². The van der Waals surface area contributed by atoms with Gasteiger partial charge < -0.3 is 15.6 Å². The minimum Gasteiger partial charge on any atom is -0.512 e. The van der Waals surface area contributed by atoms with E-state index in [-0.39, 0.29) is 11.5 Å². The maximum Gasteiger partial charge on any atom is 0.115 e. The molecule has 0 unspecified atom stereocenters. The average molecular weight is 227 g/mol. The number of benzene rings is 1. The van der Waals surface area contributed by atoms with Crippen molar-refractivity contribution in [2.75, 3.05) is 0 Å². The fourth-order valence-corrected chi connectivity index (χ4v) is 1.61. The van der Waals surface area contributed by atoms with Gasteiger partial charge in [-0.15, -0.1) is 0 Å². The summed E-state index contributed by atoms with van der Waals surface area (Å²) in [5, 5.41) is 26.0. The van der Waals surface area contributed by atoms with Gasteiger partial charge in [-0.2, -0.15) is 0 Å². The summed E-state index contributed by atoms with van der Waals surface area (Å²) in [6, 6.07) is 6.82. The van der Waals surface area contributed by atoms with Crippen molar-refractivity contribution in [2.24, 2.45) is 0 Å². The Labute approximate surface area is 99.6 Å². The minimum atomic E-state index is 0.211. The Morgan fingerprint density at radius 2 is 1.71 bits per heavy atom. The molecule has 0 saturated heterocycles. The SMILES string of the molecule is N=C1C=C(C=Cc2ccc(O)cc2)C=C(O)C1. The standard InChI is InChI=1S/C14H13NO2/c15-12-7-11(8-14(17)9-12)2-1-10-3-5-13(16)6-4-10/h1-8,15-17H,9H2. The van der Waals surface area contributed by atoms with Gasteiger partial charge >= 0.3 is 0 Å². The summed E-state index contributed by atoms with van der Waals surface area (Å²) in [4.78, 5) is 0. The number of hydrogen-bond donors (Lipinski definition) is 3. The van der Waals surface area contributed by atoms with Crippen molar-refractivity contribution in [1.82, 2.24) is 0 Å². The van der Waals surface area contributed by atoms with E-state index in [0.717, 1.165) is 11.1 Å². The highest BCUT2D eigenvalue weighted by Crippen LogP contribution is 2.16. The van der Waals surface area contributed by atoms with E-state index >= 15 is 0 Å². The molecule has 0 saturated carbocycles. The molecule has 0 heterocycles. The molecule has 17 heavy (non-hydrogen) atoms. The van der Waals surface area contributed by atoms with Crippen molar-refractivity contribution in [2.45, 2.75) is 6.42 Å². The van der Waals surface area contributed by atoms with Gasteiger partial charge in [0.2, 0.25) is 0 Å². The first kappa shape index (κ1) is 11.2. The number of aliphatic hydroxyl groups is 1. The van der Waals surface area contributed by atoms with Crippen LogP contribution < -0.4 is 0 Å². The molecule has 0 radical (unpaired) electrons. The van der Waals surface area contributed by atoms with E-state index < -0.39 is 0 Å². The highest BCUT2D eigenvalue weighted by Gasteiger charge is 2.05. The second-order valence-corrected chi connectivity index (χ2v) is 3.91. The van der Waals surface area contributed by atoms with Gasteiger partial charge in [0.25, 0.3) is 0 Å². The van der Waals surface area contributed by atoms with E-state index in [2.05, 4.69) is 0 Å². The van der Waals surface area contributed by atoms with Crippen LogP contribution in [-0.2, 0) is 0 Å². The van der Waals surface area contributed by atoms with Crippen molar-refractivity contribution < 1.29 is 10.2 Å². The van der Waals surface area contributed by atoms with Crippen LogP contribution in [0, 0.1) is 5.41 Å². The molecular weight excluding hydrogens is 214 g/mol. The Balaban J connectivity index is 2.16. The number of phenolic OH excluding ortho intramolecular Hbond substituents is 1. The zero-order valence-electron chi connectivity index (χ0n) is 9.22. The first-order valence-electron chi connectivity index (χ1n) is 5.29. The lowest BCUT2D eigenvalue weighted by atomic mass is 10.0. The van der Waals surface area contributed by atoms with Crippen LogP contribution in [0.15, 0.2) is 53.8 Å². The molecule has 0 atom stereocenters. The van der Waals surface area contributed by atoms with Gasteiger partial charge in [0, 0.05) is 12.1 Å². The molecule has 1 aromatic rings. The molecule has 86 valence electrons. The zero-order chi connectivity index (χ0) is 12.3. The molecule has 0 amide bonds. The van der Waals surface area contributed by atoms with Crippen LogP contribution in [0.2, 0.25) is 0 Å². The molecule has 0 fully saturated rings. The largest absolute Gasteiger partial charge is 0.512 e.